The van der Waals surface area contributed by atoms with Crippen molar-refractivity contribution in [1.29, 1.82) is 0 Å². The van der Waals surface area contributed by atoms with Crippen LogP contribution in [0.15, 0.2) is 6.07 Å². The number of hydrogen-bond donors (Lipinski definition) is 0. The van der Waals surface area contributed by atoms with Crippen molar-refractivity contribution in [1.82, 2.24) is 14.9 Å². The van der Waals surface area contributed by atoms with Gasteiger partial charge in [-0.3, -0.25) is 4.90 Å². The molecule has 19 heavy (non-hydrogen) atoms. The molecule has 0 aliphatic carbocycles. The Hall–Kier alpha value is -0.650. The smallest absolute Gasteiger partial charge is 0.319 e. The summed E-state index contributed by atoms with van der Waals surface area (Å²) >= 11 is 11.6. The first-order valence-electron chi connectivity index (χ1n) is 6.29. The highest BCUT2D eigenvalue weighted by atomic mass is 35.5. The molecular weight excluding hydrogens is 292 g/mol. The summed E-state index contributed by atoms with van der Waals surface area (Å²) in [5.41, 5.74) is -0.211. The summed E-state index contributed by atoms with van der Waals surface area (Å²) in [7, 11) is 0. The fourth-order valence-corrected chi connectivity index (χ4v) is 3.49. The Labute approximate surface area is 120 Å². The number of fused-ring (bicyclic) bond motifs is 1. The summed E-state index contributed by atoms with van der Waals surface area (Å²) in [5.74, 6) is 0. The maximum absolute atomic E-state index is 13.6. The molecule has 2 aliphatic heterocycles. The minimum Gasteiger partial charge on any atom is -0.461 e. The molecule has 0 unspecified atom stereocenters. The molecule has 0 aromatic carbocycles. The van der Waals surface area contributed by atoms with Gasteiger partial charge in [-0.2, -0.15) is 9.97 Å². The maximum atomic E-state index is 13.6. The summed E-state index contributed by atoms with van der Waals surface area (Å²) in [4.78, 5) is 10.1. The van der Waals surface area contributed by atoms with E-state index in [2.05, 4.69) is 14.9 Å². The van der Waals surface area contributed by atoms with E-state index in [1.807, 2.05) is 0 Å². The van der Waals surface area contributed by atoms with Gasteiger partial charge < -0.3 is 4.74 Å². The van der Waals surface area contributed by atoms with E-state index in [1.165, 1.54) is 6.07 Å². The van der Waals surface area contributed by atoms with Crippen LogP contribution in [0.4, 0.5) is 4.39 Å². The van der Waals surface area contributed by atoms with Crippen LogP contribution in [0.2, 0.25) is 10.3 Å². The van der Waals surface area contributed by atoms with E-state index in [-0.39, 0.29) is 21.9 Å². The lowest BCUT2D eigenvalue weighted by Crippen LogP contribution is -2.43. The van der Waals surface area contributed by atoms with Crippen molar-refractivity contribution in [2.24, 2.45) is 0 Å². The predicted octanol–water partition coefficient (Wildman–Crippen LogP) is 2.74. The van der Waals surface area contributed by atoms with Crippen molar-refractivity contribution in [2.75, 3.05) is 19.7 Å². The SMILES string of the molecule is F[C@H]1CN2CCC[C@@]2(COc2nc(Cl)cc(Cl)n2)C1. The zero-order valence-electron chi connectivity index (χ0n) is 10.3. The molecule has 104 valence electrons. The van der Waals surface area contributed by atoms with Gasteiger partial charge in [-0.1, -0.05) is 23.2 Å². The first-order valence-corrected chi connectivity index (χ1v) is 7.05. The number of alkyl halides is 1. The van der Waals surface area contributed by atoms with E-state index in [4.69, 9.17) is 27.9 Å². The number of rotatable bonds is 3. The third-order valence-electron chi connectivity index (χ3n) is 3.87. The number of hydrogen-bond acceptors (Lipinski definition) is 4. The molecule has 2 aliphatic rings. The first-order chi connectivity index (χ1) is 9.07. The number of ether oxygens (including phenoxy) is 1. The first kappa shape index (κ1) is 13.3. The monoisotopic (exact) mass is 305 g/mol. The standard InChI is InChI=1S/C12H14Cl2FN3O/c13-9-4-10(14)17-11(16-9)19-7-12-2-1-3-18(12)6-8(15)5-12/h4,8H,1-3,5-7H2/t8-,12+/m1/s1. The molecule has 2 fully saturated rings. The second kappa shape index (κ2) is 5.04. The molecular formula is C12H14Cl2FN3O. The normalized spacial score (nSPS) is 30.6. The van der Waals surface area contributed by atoms with Crippen molar-refractivity contribution in [3.63, 3.8) is 0 Å². The molecule has 2 saturated heterocycles. The van der Waals surface area contributed by atoms with Crippen LogP contribution in [0.3, 0.4) is 0 Å². The van der Waals surface area contributed by atoms with E-state index in [0.29, 0.717) is 19.6 Å². The van der Waals surface area contributed by atoms with E-state index < -0.39 is 6.17 Å². The highest BCUT2D eigenvalue weighted by Crippen LogP contribution is 2.40. The second-order valence-electron chi connectivity index (χ2n) is 5.16. The molecule has 0 saturated carbocycles. The second-order valence-corrected chi connectivity index (χ2v) is 5.93. The van der Waals surface area contributed by atoms with Crippen molar-refractivity contribution in [3.8, 4) is 6.01 Å². The summed E-state index contributed by atoms with van der Waals surface area (Å²) < 4.78 is 19.2. The van der Waals surface area contributed by atoms with Crippen molar-refractivity contribution >= 4 is 23.2 Å². The zero-order valence-corrected chi connectivity index (χ0v) is 11.8. The molecule has 0 bridgehead atoms. The number of nitrogens with zero attached hydrogens (tertiary/aromatic N) is 3. The summed E-state index contributed by atoms with van der Waals surface area (Å²) in [6, 6.07) is 1.60. The Balaban J connectivity index is 1.71. The fourth-order valence-electron chi connectivity index (χ4n) is 3.08. The van der Waals surface area contributed by atoms with E-state index in [9.17, 15) is 4.39 Å². The molecule has 1 aromatic rings. The van der Waals surface area contributed by atoms with Gasteiger partial charge in [0.1, 0.15) is 23.1 Å². The van der Waals surface area contributed by atoms with E-state index >= 15 is 0 Å². The van der Waals surface area contributed by atoms with Crippen LogP contribution in [0.5, 0.6) is 6.01 Å². The fraction of sp³-hybridized carbons (Fsp3) is 0.667. The van der Waals surface area contributed by atoms with Crippen molar-refractivity contribution in [2.45, 2.75) is 31.0 Å². The minimum atomic E-state index is -0.771. The van der Waals surface area contributed by atoms with E-state index in [0.717, 1.165) is 19.4 Å². The Kier molecular flexibility index (Phi) is 3.53. The number of halogens is 3. The van der Waals surface area contributed by atoms with Gasteiger partial charge in [0.15, 0.2) is 0 Å². The third kappa shape index (κ3) is 2.64. The van der Waals surface area contributed by atoms with Gasteiger partial charge in [0.05, 0.1) is 5.54 Å². The van der Waals surface area contributed by atoms with Crippen LogP contribution >= 0.6 is 23.2 Å². The van der Waals surface area contributed by atoms with Crippen LogP contribution in [0.25, 0.3) is 0 Å². The molecule has 0 N–H and O–H groups in total. The van der Waals surface area contributed by atoms with Gasteiger partial charge >= 0.3 is 6.01 Å². The molecule has 0 radical (unpaired) electrons. The van der Waals surface area contributed by atoms with Gasteiger partial charge in [0.2, 0.25) is 0 Å². The Morgan fingerprint density at radius 1 is 1.42 bits per heavy atom. The van der Waals surface area contributed by atoms with Gasteiger partial charge in [-0.25, -0.2) is 4.39 Å². The van der Waals surface area contributed by atoms with Crippen LogP contribution in [0, 0.1) is 0 Å². The lowest BCUT2D eigenvalue weighted by atomic mass is 9.95. The van der Waals surface area contributed by atoms with Gasteiger partial charge in [-0.05, 0) is 19.4 Å². The largest absolute Gasteiger partial charge is 0.461 e. The Bertz CT molecular complexity index is 470. The molecule has 0 amide bonds. The molecule has 1 aromatic heterocycles. The highest BCUT2D eigenvalue weighted by molar-refractivity contribution is 6.33. The van der Waals surface area contributed by atoms with Crippen LogP contribution in [-0.2, 0) is 0 Å². The molecule has 2 atom stereocenters. The predicted molar refractivity (Wildman–Crippen MR) is 70.6 cm³/mol. The summed E-state index contributed by atoms with van der Waals surface area (Å²) in [6.45, 7) is 1.81. The zero-order chi connectivity index (χ0) is 13.5. The quantitative estimate of drug-likeness (QED) is 0.805. The summed E-state index contributed by atoms with van der Waals surface area (Å²) in [5, 5.41) is 0.483. The topological polar surface area (TPSA) is 38.2 Å². The minimum absolute atomic E-state index is 0.154. The Morgan fingerprint density at radius 2 is 2.16 bits per heavy atom. The highest BCUT2D eigenvalue weighted by Gasteiger charge is 2.49. The molecule has 4 nitrogen and oxygen atoms in total. The maximum Gasteiger partial charge on any atom is 0.319 e. The number of aromatic nitrogens is 2. The van der Waals surface area contributed by atoms with Crippen molar-refractivity contribution < 1.29 is 9.13 Å². The van der Waals surface area contributed by atoms with Crippen LogP contribution in [-0.4, -0.2) is 46.3 Å². The lowest BCUT2D eigenvalue weighted by Gasteiger charge is -2.30. The lowest BCUT2D eigenvalue weighted by molar-refractivity contribution is 0.107. The summed E-state index contributed by atoms with van der Waals surface area (Å²) in [6.07, 6.45) is 1.77. The average molecular weight is 306 g/mol. The molecule has 3 rings (SSSR count). The van der Waals surface area contributed by atoms with Crippen LogP contribution < -0.4 is 4.74 Å². The molecule has 7 heteroatoms. The Morgan fingerprint density at radius 3 is 2.89 bits per heavy atom. The van der Waals surface area contributed by atoms with Gasteiger partial charge in [-0.15, -0.1) is 0 Å². The van der Waals surface area contributed by atoms with Crippen LogP contribution in [0.1, 0.15) is 19.3 Å². The van der Waals surface area contributed by atoms with Gasteiger partial charge in [0.25, 0.3) is 0 Å². The molecule has 3 heterocycles. The van der Waals surface area contributed by atoms with Crippen molar-refractivity contribution in [3.05, 3.63) is 16.4 Å². The van der Waals surface area contributed by atoms with E-state index in [1.54, 1.807) is 0 Å². The van der Waals surface area contributed by atoms with Gasteiger partial charge in [0, 0.05) is 19.0 Å². The third-order valence-corrected chi connectivity index (χ3v) is 4.26. The molecule has 0 spiro atoms. The average Bonchev–Trinajstić information content (AvgIpc) is 2.81.